The molecule has 1 aromatic carbocycles. The van der Waals surface area contributed by atoms with Crippen LogP contribution in [0.3, 0.4) is 0 Å². The van der Waals surface area contributed by atoms with Crippen molar-refractivity contribution in [1.82, 2.24) is 10.3 Å². The number of rotatable bonds is 6. The molecule has 0 spiro atoms. The molecule has 1 aliphatic rings. The van der Waals surface area contributed by atoms with Crippen LogP contribution in [-0.4, -0.2) is 34.8 Å². The SMILES string of the molecule is CSCC(=O)NCc1ccc(C2=NOC(c3cccc(C(F)(F)F)c3)(C(F)(F)F)C2)nc1. The Morgan fingerprint density at radius 2 is 1.94 bits per heavy atom. The van der Waals surface area contributed by atoms with Crippen LogP contribution in [-0.2, 0) is 28.0 Å². The van der Waals surface area contributed by atoms with E-state index in [0.717, 1.165) is 12.1 Å². The summed E-state index contributed by atoms with van der Waals surface area (Å²) in [5.74, 6) is 0.112. The van der Waals surface area contributed by atoms with Crippen molar-refractivity contribution in [2.45, 2.75) is 30.9 Å². The first kappa shape index (κ1) is 23.9. The summed E-state index contributed by atoms with van der Waals surface area (Å²) in [6.45, 7) is 0.187. The van der Waals surface area contributed by atoms with Crippen molar-refractivity contribution >= 4 is 23.4 Å². The van der Waals surface area contributed by atoms with Gasteiger partial charge in [-0.15, -0.1) is 0 Å². The van der Waals surface area contributed by atoms with Crippen molar-refractivity contribution in [3.63, 3.8) is 0 Å². The standard InChI is InChI=1S/C20H17F6N3O2S/c1-32-11-17(30)28-10-12-5-6-15(27-9-12)16-8-18(31-29-16,20(24,25)26)13-3-2-4-14(7-13)19(21,22)23/h2-7,9H,8,10-11H2,1H3,(H,28,30). The predicted octanol–water partition coefficient (Wildman–Crippen LogP) is 4.66. The summed E-state index contributed by atoms with van der Waals surface area (Å²) in [5, 5.41) is 6.17. The molecule has 2 aromatic rings. The first-order valence-electron chi connectivity index (χ1n) is 9.17. The molecule has 12 heteroatoms. The second-order valence-corrected chi connectivity index (χ2v) is 7.84. The van der Waals surface area contributed by atoms with Gasteiger partial charge in [0.05, 0.1) is 23.4 Å². The average Bonchev–Trinajstić information content (AvgIpc) is 3.19. The number of hydrogen-bond donors (Lipinski definition) is 1. The lowest BCUT2D eigenvalue weighted by atomic mass is 9.86. The number of thioether (sulfide) groups is 1. The van der Waals surface area contributed by atoms with E-state index in [-0.39, 0.29) is 29.6 Å². The highest BCUT2D eigenvalue weighted by Crippen LogP contribution is 2.49. The topological polar surface area (TPSA) is 63.6 Å². The van der Waals surface area contributed by atoms with Crippen LogP contribution in [0.2, 0.25) is 0 Å². The quantitative estimate of drug-likeness (QED) is 0.615. The Balaban J connectivity index is 1.82. The minimum Gasteiger partial charge on any atom is -0.374 e. The van der Waals surface area contributed by atoms with Crippen molar-refractivity contribution < 1.29 is 36.0 Å². The van der Waals surface area contributed by atoms with Crippen LogP contribution >= 0.6 is 11.8 Å². The molecule has 1 aromatic heterocycles. The minimum atomic E-state index is -5.04. The second kappa shape index (κ2) is 9.00. The van der Waals surface area contributed by atoms with E-state index in [1.165, 1.54) is 24.0 Å². The van der Waals surface area contributed by atoms with Gasteiger partial charge in [0, 0.05) is 18.3 Å². The zero-order valence-corrected chi connectivity index (χ0v) is 17.4. The number of halogens is 6. The maximum atomic E-state index is 14.0. The first-order chi connectivity index (χ1) is 15.0. The summed E-state index contributed by atoms with van der Waals surface area (Å²) in [5.41, 5.74) is -4.44. The fraction of sp³-hybridized carbons (Fsp3) is 0.350. The Kier molecular flexibility index (Phi) is 6.72. The van der Waals surface area contributed by atoms with Crippen LogP contribution in [0.1, 0.15) is 28.8 Å². The Morgan fingerprint density at radius 3 is 2.53 bits per heavy atom. The number of carbonyl (C=O) groups is 1. The summed E-state index contributed by atoms with van der Waals surface area (Å²) in [6, 6.07) is 5.89. The summed E-state index contributed by atoms with van der Waals surface area (Å²) < 4.78 is 81.0. The second-order valence-electron chi connectivity index (χ2n) is 6.97. The van der Waals surface area contributed by atoms with E-state index in [1.54, 1.807) is 12.3 Å². The van der Waals surface area contributed by atoms with Gasteiger partial charge in [0.2, 0.25) is 5.91 Å². The van der Waals surface area contributed by atoms with Gasteiger partial charge in [-0.1, -0.05) is 23.4 Å². The number of oxime groups is 1. The van der Waals surface area contributed by atoms with Crippen LogP contribution in [0.15, 0.2) is 47.8 Å². The molecule has 1 N–H and O–H groups in total. The molecule has 1 unspecified atom stereocenters. The van der Waals surface area contributed by atoms with Crippen LogP contribution in [0.4, 0.5) is 26.3 Å². The van der Waals surface area contributed by atoms with Crippen molar-refractivity contribution in [1.29, 1.82) is 0 Å². The fourth-order valence-electron chi connectivity index (χ4n) is 3.07. The third-order valence-electron chi connectivity index (χ3n) is 4.73. The summed E-state index contributed by atoms with van der Waals surface area (Å²) in [7, 11) is 0. The van der Waals surface area contributed by atoms with Crippen LogP contribution < -0.4 is 5.32 Å². The molecule has 1 amide bonds. The number of pyridine rings is 1. The molecule has 0 fully saturated rings. The molecule has 0 aliphatic carbocycles. The predicted molar refractivity (Wildman–Crippen MR) is 106 cm³/mol. The lowest BCUT2D eigenvalue weighted by Gasteiger charge is -2.29. The monoisotopic (exact) mass is 477 g/mol. The number of alkyl halides is 6. The van der Waals surface area contributed by atoms with Crippen molar-refractivity contribution in [2.24, 2.45) is 5.16 Å². The Labute approximate surface area is 183 Å². The average molecular weight is 477 g/mol. The molecule has 5 nitrogen and oxygen atoms in total. The maximum absolute atomic E-state index is 14.0. The molecule has 0 radical (unpaired) electrons. The van der Waals surface area contributed by atoms with Gasteiger partial charge >= 0.3 is 12.4 Å². The number of amides is 1. The summed E-state index contributed by atoms with van der Waals surface area (Å²) in [6.07, 6.45) is -7.54. The van der Waals surface area contributed by atoms with Gasteiger partial charge in [0.25, 0.3) is 5.60 Å². The first-order valence-corrected chi connectivity index (χ1v) is 10.6. The Morgan fingerprint density at radius 1 is 1.19 bits per heavy atom. The lowest BCUT2D eigenvalue weighted by Crippen LogP contribution is -2.42. The summed E-state index contributed by atoms with van der Waals surface area (Å²) in [4.78, 5) is 20.3. The molecular weight excluding hydrogens is 460 g/mol. The number of nitrogens with one attached hydrogen (secondary N) is 1. The van der Waals surface area contributed by atoms with E-state index in [0.29, 0.717) is 17.7 Å². The number of carbonyl (C=O) groups excluding carboxylic acids is 1. The largest absolute Gasteiger partial charge is 0.435 e. The minimum absolute atomic E-state index is 0.0855. The van der Waals surface area contributed by atoms with E-state index in [9.17, 15) is 31.1 Å². The van der Waals surface area contributed by atoms with E-state index in [2.05, 4.69) is 15.5 Å². The van der Waals surface area contributed by atoms with Crippen molar-refractivity contribution in [2.75, 3.05) is 12.0 Å². The number of hydrogen-bond acceptors (Lipinski definition) is 5. The molecule has 172 valence electrons. The van der Waals surface area contributed by atoms with Gasteiger partial charge in [-0.05, 0) is 30.0 Å². The van der Waals surface area contributed by atoms with Crippen molar-refractivity contribution in [3.8, 4) is 0 Å². The normalized spacial score (nSPS) is 18.8. The van der Waals surface area contributed by atoms with Crippen LogP contribution in [0.5, 0.6) is 0 Å². The molecule has 1 atom stereocenters. The zero-order valence-electron chi connectivity index (χ0n) is 16.5. The fourth-order valence-corrected chi connectivity index (χ4v) is 3.43. The molecule has 0 bridgehead atoms. The van der Waals surface area contributed by atoms with E-state index in [4.69, 9.17) is 4.84 Å². The van der Waals surface area contributed by atoms with E-state index >= 15 is 0 Å². The van der Waals surface area contributed by atoms with Gasteiger partial charge in [-0.3, -0.25) is 9.78 Å². The lowest BCUT2D eigenvalue weighted by molar-refractivity contribution is -0.276. The number of benzene rings is 1. The highest BCUT2D eigenvalue weighted by Gasteiger charge is 2.62. The van der Waals surface area contributed by atoms with Crippen molar-refractivity contribution in [3.05, 3.63) is 65.0 Å². The smallest absolute Gasteiger partial charge is 0.374 e. The molecular formula is C20H17F6N3O2S. The van der Waals surface area contributed by atoms with E-state index < -0.39 is 35.5 Å². The van der Waals surface area contributed by atoms with Gasteiger partial charge < -0.3 is 10.2 Å². The van der Waals surface area contributed by atoms with Crippen LogP contribution in [0.25, 0.3) is 0 Å². The highest BCUT2D eigenvalue weighted by atomic mass is 32.2. The molecule has 0 saturated carbocycles. The number of nitrogens with zero attached hydrogens (tertiary/aromatic N) is 2. The molecule has 0 saturated heterocycles. The third-order valence-corrected chi connectivity index (χ3v) is 5.28. The van der Waals surface area contributed by atoms with Crippen LogP contribution in [0, 0.1) is 0 Å². The zero-order chi connectivity index (χ0) is 23.6. The van der Waals surface area contributed by atoms with Gasteiger partial charge in [-0.2, -0.15) is 38.1 Å². The maximum Gasteiger partial charge on any atom is 0.435 e. The summed E-state index contributed by atoms with van der Waals surface area (Å²) >= 11 is 1.35. The van der Waals surface area contributed by atoms with Gasteiger partial charge in [0.1, 0.15) is 5.71 Å². The molecule has 1 aliphatic heterocycles. The van der Waals surface area contributed by atoms with E-state index in [1.807, 2.05) is 0 Å². The van der Waals surface area contributed by atoms with Gasteiger partial charge in [0.15, 0.2) is 0 Å². The molecule has 3 rings (SSSR count). The Bertz CT molecular complexity index is 1010. The highest BCUT2D eigenvalue weighted by molar-refractivity contribution is 7.99. The Hall–Kier alpha value is -2.76. The molecule has 2 heterocycles. The third kappa shape index (κ3) is 5.00. The molecule has 32 heavy (non-hydrogen) atoms. The number of aromatic nitrogens is 1. The van der Waals surface area contributed by atoms with Gasteiger partial charge in [-0.25, -0.2) is 0 Å².